The van der Waals surface area contributed by atoms with E-state index in [4.69, 9.17) is 4.74 Å². The first-order chi connectivity index (χ1) is 17.8. The largest absolute Gasteiger partial charge is 0.493 e. The topological polar surface area (TPSA) is 77.9 Å². The van der Waals surface area contributed by atoms with Gasteiger partial charge in [0.15, 0.2) is 11.6 Å². The van der Waals surface area contributed by atoms with E-state index >= 15 is 0 Å². The van der Waals surface area contributed by atoms with E-state index in [9.17, 15) is 14.3 Å². The average Bonchev–Trinajstić information content (AvgIpc) is 3.36. The lowest BCUT2D eigenvalue weighted by molar-refractivity contribution is -0.143. The summed E-state index contributed by atoms with van der Waals surface area (Å²) in [4.78, 5) is 21.2. The Morgan fingerprint density at radius 2 is 2.14 bits per heavy atom. The van der Waals surface area contributed by atoms with Crippen molar-refractivity contribution in [2.75, 3.05) is 39.1 Å². The molecule has 37 heavy (non-hydrogen) atoms. The number of likely N-dealkylation sites (N-methyl/N-ethyl adjacent to an activating group) is 1. The summed E-state index contributed by atoms with van der Waals surface area (Å²) in [5.41, 5.74) is 2.48. The number of aliphatic carboxylic acids is 1. The molecule has 1 aromatic carbocycles. The number of fused-ring (bicyclic) bond motifs is 1. The van der Waals surface area contributed by atoms with E-state index < -0.39 is 17.8 Å². The number of benzene rings is 1. The van der Waals surface area contributed by atoms with Crippen LogP contribution in [0.1, 0.15) is 74.6 Å². The predicted octanol–water partition coefficient (Wildman–Crippen LogP) is 5.08. The summed E-state index contributed by atoms with van der Waals surface area (Å²) in [6.07, 6.45) is 8.31. The van der Waals surface area contributed by atoms with E-state index in [1.165, 1.54) is 18.7 Å². The highest BCUT2D eigenvalue weighted by Crippen LogP contribution is 2.37. The number of nitrogens with zero attached hydrogens (tertiary/aromatic N) is 3. The number of methoxy groups -OCH3 is 1. The number of nitrogens with one attached hydrogen (secondary N) is 1. The second kappa shape index (κ2) is 12.2. The van der Waals surface area contributed by atoms with Crippen molar-refractivity contribution in [3.8, 4) is 5.75 Å². The molecule has 2 aliphatic heterocycles. The fourth-order valence-electron chi connectivity index (χ4n) is 5.75. The lowest BCUT2D eigenvalue weighted by Gasteiger charge is -2.29. The predicted molar refractivity (Wildman–Crippen MR) is 144 cm³/mol. The highest BCUT2D eigenvalue weighted by atomic mass is 19.1. The fourth-order valence-corrected chi connectivity index (χ4v) is 5.75. The maximum Gasteiger partial charge on any atom is 0.325 e. The summed E-state index contributed by atoms with van der Waals surface area (Å²) >= 11 is 0. The third-order valence-corrected chi connectivity index (χ3v) is 7.98. The number of unbranched alkanes of at least 4 members (excludes halogenated alkanes) is 1. The monoisotopic (exact) mass is 512 g/mol. The Kier molecular flexibility index (Phi) is 9.03. The third kappa shape index (κ3) is 6.41. The number of carboxylic acid groups (broad SMARTS) is 1. The maximum atomic E-state index is 14.8. The average molecular weight is 513 g/mol. The van der Waals surface area contributed by atoms with Crippen molar-refractivity contribution >= 4 is 11.8 Å². The molecule has 2 aliphatic rings. The standard InChI is InChI=1S/C29H41FN4O3/c1-19(2)21-16-24(27(37-4)25(30)17-21)26(29(35)36)34-15-12-23(18-34)33(3)14-6-5-9-22-11-10-20-8-7-13-31-28(20)32-22/h7-8,13,16-17,19,22-23,26H,5-6,9-12,14-15,18H2,1-4H3,(H,31,32)(H,35,36)/t22-,23-,26+/m1/s1. The molecule has 0 radical (unpaired) electrons. The molecule has 0 amide bonds. The van der Waals surface area contributed by atoms with Crippen LogP contribution < -0.4 is 10.1 Å². The molecule has 0 aliphatic carbocycles. The van der Waals surface area contributed by atoms with Crippen LogP contribution in [-0.4, -0.2) is 71.7 Å². The molecule has 3 atom stereocenters. The zero-order valence-corrected chi connectivity index (χ0v) is 22.5. The molecule has 0 bridgehead atoms. The molecule has 7 nitrogen and oxygen atoms in total. The van der Waals surface area contributed by atoms with Crippen LogP contribution in [-0.2, 0) is 11.2 Å². The number of likely N-dealkylation sites (tertiary alicyclic amines) is 1. The Labute approximate surface area is 220 Å². The lowest BCUT2D eigenvalue weighted by atomic mass is 9.95. The Balaban J connectivity index is 1.31. The van der Waals surface area contributed by atoms with Crippen molar-refractivity contribution in [1.29, 1.82) is 0 Å². The number of anilines is 1. The van der Waals surface area contributed by atoms with E-state index in [0.717, 1.165) is 56.5 Å². The van der Waals surface area contributed by atoms with Gasteiger partial charge in [0.25, 0.3) is 0 Å². The number of aromatic nitrogens is 1. The van der Waals surface area contributed by atoms with E-state index in [2.05, 4.69) is 28.3 Å². The molecular weight excluding hydrogens is 471 g/mol. The van der Waals surface area contributed by atoms with E-state index in [-0.39, 0.29) is 17.7 Å². The quantitative estimate of drug-likeness (QED) is 0.407. The van der Waals surface area contributed by atoms with Crippen molar-refractivity contribution < 1.29 is 19.0 Å². The fraction of sp³-hybridized carbons (Fsp3) is 0.586. The summed E-state index contributed by atoms with van der Waals surface area (Å²) in [5, 5.41) is 13.8. The van der Waals surface area contributed by atoms with Gasteiger partial charge in [0.2, 0.25) is 0 Å². The number of halogens is 1. The van der Waals surface area contributed by atoms with Crippen LogP contribution in [0.4, 0.5) is 10.2 Å². The maximum absolute atomic E-state index is 14.8. The summed E-state index contributed by atoms with van der Waals surface area (Å²) in [6, 6.07) is 7.21. The smallest absolute Gasteiger partial charge is 0.325 e. The van der Waals surface area contributed by atoms with Gasteiger partial charge in [0.05, 0.1) is 7.11 Å². The van der Waals surface area contributed by atoms with Crippen molar-refractivity contribution in [3.63, 3.8) is 0 Å². The van der Waals surface area contributed by atoms with E-state index in [1.54, 1.807) is 6.07 Å². The van der Waals surface area contributed by atoms with Crippen LogP contribution in [0.25, 0.3) is 0 Å². The van der Waals surface area contributed by atoms with Gasteiger partial charge in [-0.05, 0) is 80.9 Å². The van der Waals surface area contributed by atoms with Crippen LogP contribution in [0, 0.1) is 5.82 Å². The Morgan fingerprint density at radius 3 is 2.86 bits per heavy atom. The van der Waals surface area contributed by atoms with Crippen LogP contribution in [0.3, 0.4) is 0 Å². The van der Waals surface area contributed by atoms with Gasteiger partial charge in [-0.15, -0.1) is 0 Å². The molecule has 8 heteroatoms. The highest BCUT2D eigenvalue weighted by molar-refractivity contribution is 5.77. The number of carboxylic acids is 1. The molecule has 2 aromatic rings. The third-order valence-electron chi connectivity index (χ3n) is 7.98. The molecule has 4 rings (SSSR count). The Morgan fingerprint density at radius 1 is 1.32 bits per heavy atom. The van der Waals surface area contributed by atoms with Crippen LogP contribution >= 0.6 is 0 Å². The summed E-state index contributed by atoms with van der Waals surface area (Å²) < 4.78 is 20.1. The van der Waals surface area contributed by atoms with Crippen LogP contribution in [0.2, 0.25) is 0 Å². The van der Waals surface area contributed by atoms with E-state index in [1.807, 2.05) is 31.0 Å². The number of hydrogen-bond donors (Lipinski definition) is 2. The Bertz CT molecular complexity index is 1080. The number of rotatable bonds is 11. The molecule has 1 aromatic heterocycles. The second-order valence-electron chi connectivity index (χ2n) is 10.8. The molecule has 202 valence electrons. The minimum atomic E-state index is -0.974. The molecule has 0 spiro atoms. The molecule has 3 heterocycles. The van der Waals surface area contributed by atoms with Gasteiger partial charge >= 0.3 is 5.97 Å². The minimum absolute atomic E-state index is 0.0303. The minimum Gasteiger partial charge on any atom is -0.493 e. The van der Waals surface area contributed by atoms with Crippen molar-refractivity contribution in [1.82, 2.24) is 14.8 Å². The van der Waals surface area contributed by atoms with Crippen molar-refractivity contribution in [2.45, 2.75) is 76.4 Å². The van der Waals surface area contributed by atoms with Gasteiger partial charge in [0, 0.05) is 36.9 Å². The number of pyridine rings is 1. The Hall–Kier alpha value is -2.71. The van der Waals surface area contributed by atoms with Crippen molar-refractivity contribution in [3.05, 3.63) is 53.0 Å². The lowest BCUT2D eigenvalue weighted by Crippen LogP contribution is -2.38. The van der Waals surface area contributed by atoms with Crippen LogP contribution in [0.5, 0.6) is 5.75 Å². The van der Waals surface area contributed by atoms with E-state index in [0.29, 0.717) is 24.7 Å². The van der Waals surface area contributed by atoms with Gasteiger partial charge < -0.3 is 20.1 Å². The normalized spacial score (nSPS) is 20.6. The van der Waals surface area contributed by atoms with Crippen LogP contribution in [0.15, 0.2) is 30.5 Å². The molecule has 0 unspecified atom stereocenters. The zero-order chi connectivity index (χ0) is 26.5. The van der Waals surface area contributed by atoms with Gasteiger partial charge in [-0.25, -0.2) is 9.37 Å². The highest BCUT2D eigenvalue weighted by Gasteiger charge is 2.37. The first-order valence-corrected chi connectivity index (χ1v) is 13.5. The number of carbonyl (C=O) groups is 1. The molecular formula is C29H41FN4O3. The zero-order valence-electron chi connectivity index (χ0n) is 22.5. The van der Waals surface area contributed by atoms with Gasteiger partial charge in [0.1, 0.15) is 11.9 Å². The molecule has 0 saturated carbocycles. The first-order valence-electron chi connectivity index (χ1n) is 13.5. The number of hydrogen-bond acceptors (Lipinski definition) is 6. The summed E-state index contributed by atoms with van der Waals surface area (Å²) in [6.45, 7) is 6.21. The number of ether oxygens (including phenoxy) is 1. The van der Waals surface area contributed by atoms with Gasteiger partial charge in [-0.3, -0.25) is 9.69 Å². The van der Waals surface area contributed by atoms with Gasteiger partial charge in [-0.2, -0.15) is 0 Å². The molecule has 2 N–H and O–H groups in total. The molecule has 1 fully saturated rings. The van der Waals surface area contributed by atoms with Gasteiger partial charge in [-0.1, -0.05) is 26.3 Å². The summed E-state index contributed by atoms with van der Waals surface area (Å²) in [7, 11) is 3.52. The second-order valence-corrected chi connectivity index (χ2v) is 10.8. The first kappa shape index (κ1) is 27.3. The molecule has 1 saturated heterocycles. The SMILES string of the molecule is COc1c(F)cc(C(C)C)cc1[C@@H](C(=O)O)N1CC[C@@H](N(C)CCCC[C@@H]2CCc3cccnc3N2)C1. The summed E-state index contributed by atoms with van der Waals surface area (Å²) in [5.74, 6) is -0.332. The van der Waals surface area contributed by atoms with Crippen molar-refractivity contribution in [2.24, 2.45) is 0 Å². The number of aryl methyl sites for hydroxylation is 1.